The van der Waals surface area contributed by atoms with Crippen molar-refractivity contribution in [2.75, 3.05) is 5.84 Å². The van der Waals surface area contributed by atoms with Gasteiger partial charge in [-0.15, -0.1) is 10.2 Å². The van der Waals surface area contributed by atoms with E-state index in [9.17, 15) is 14.3 Å². The van der Waals surface area contributed by atoms with Gasteiger partial charge in [0.1, 0.15) is 17.9 Å². The number of nitrogen functional groups attached to an aromatic ring is 1. The summed E-state index contributed by atoms with van der Waals surface area (Å²) >= 11 is 1.28. The maximum absolute atomic E-state index is 13.7. The maximum Gasteiger partial charge on any atom is 0.336 e. The molecule has 0 radical (unpaired) electrons. The molecule has 0 amide bonds. The van der Waals surface area contributed by atoms with Crippen LogP contribution in [0.5, 0.6) is 11.5 Å². The molecule has 2 aromatic carbocycles. The molecule has 160 valence electrons. The minimum absolute atomic E-state index is 0.0536. The molecule has 0 spiro atoms. The summed E-state index contributed by atoms with van der Waals surface area (Å²) in [5.41, 5.74) is 1.27. The third-order valence-electron chi connectivity index (χ3n) is 4.70. The second-order valence-corrected chi connectivity index (χ2v) is 7.64. The lowest BCUT2D eigenvalue weighted by molar-refractivity contribution is 0.277. The highest BCUT2D eigenvalue weighted by molar-refractivity contribution is 7.98. The standard InChI is InChI=1S/C21H19FN4O4S/c1-2-12-7-14-13(8-20(28)30-18(14)9-16(12)27)11-31-21-25-24-19(26(21)23)10-29-17-6-4-3-5-15(17)22/h3-9,27H,2,10-11,23H2,1H3. The summed E-state index contributed by atoms with van der Waals surface area (Å²) in [5, 5.41) is 19.2. The summed E-state index contributed by atoms with van der Waals surface area (Å²) in [6, 6.07) is 10.7. The fraction of sp³-hybridized carbons (Fsp3) is 0.190. The number of thioether (sulfide) groups is 1. The molecule has 0 saturated heterocycles. The van der Waals surface area contributed by atoms with Crippen LogP contribution >= 0.6 is 11.8 Å². The first-order chi connectivity index (χ1) is 15.0. The predicted octanol–water partition coefficient (Wildman–Crippen LogP) is 3.38. The Morgan fingerprint density at radius 3 is 2.81 bits per heavy atom. The van der Waals surface area contributed by atoms with Crippen molar-refractivity contribution in [1.29, 1.82) is 0 Å². The highest BCUT2D eigenvalue weighted by atomic mass is 32.2. The normalized spacial score (nSPS) is 11.2. The first-order valence-corrected chi connectivity index (χ1v) is 10.4. The zero-order valence-corrected chi connectivity index (χ0v) is 17.4. The maximum atomic E-state index is 13.7. The molecule has 8 nitrogen and oxygen atoms in total. The topological polar surface area (TPSA) is 116 Å². The van der Waals surface area contributed by atoms with Crippen molar-refractivity contribution in [3.63, 3.8) is 0 Å². The lowest BCUT2D eigenvalue weighted by atomic mass is 10.1. The number of aromatic hydroxyl groups is 1. The molecule has 0 aliphatic carbocycles. The summed E-state index contributed by atoms with van der Waals surface area (Å²) in [5.74, 6) is 6.46. The first-order valence-electron chi connectivity index (χ1n) is 9.44. The Bertz CT molecular complexity index is 1300. The lowest BCUT2D eigenvalue weighted by Gasteiger charge is -2.09. The first kappa shape index (κ1) is 20.7. The Labute approximate surface area is 180 Å². The average molecular weight is 442 g/mol. The van der Waals surface area contributed by atoms with Crippen LogP contribution in [0, 0.1) is 5.82 Å². The van der Waals surface area contributed by atoms with E-state index >= 15 is 0 Å². The van der Waals surface area contributed by atoms with Gasteiger partial charge >= 0.3 is 5.63 Å². The molecule has 2 aromatic heterocycles. The van der Waals surface area contributed by atoms with Gasteiger partial charge in [-0.3, -0.25) is 0 Å². The second kappa shape index (κ2) is 8.68. The lowest BCUT2D eigenvalue weighted by Crippen LogP contribution is -2.16. The molecule has 4 rings (SSSR count). The summed E-state index contributed by atoms with van der Waals surface area (Å²) in [6.45, 7) is 1.87. The zero-order chi connectivity index (χ0) is 22.0. The molecule has 0 aliphatic rings. The molecule has 2 heterocycles. The monoisotopic (exact) mass is 442 g/mol. The zero-order valence-electron chi connectivity index (χ0n) is 16.5. The van der Waals surface area contributed by atoms with Gasteiger partial charge in [0.15, 0.2) is 17.4 Å². The van der Waals surface area contributed by atoms with Crippen LogP contribution in [-0.4, -0.2) is 20.0 Å². The molecule has 3 N–H and O–H groups in total. The van der Waals surface area contributed by atoms with E-state index in [1.165, 1.54) is 40.7 Å². The van der Waals surface area contributed by atoms with E-state index in [2.05, 4.69) is 10.2 Å². The van der Waals surface area contributed by atoms with Crippen molar-refractivity contribution in [3.05, 3.63) is 75.7 Å². The van der Waals surface area contributed by atoms with Crippen molar-refractivity contribution >= 4 is 22.7 Å². The largest absolute Gasteiger partial charge is 0.508 e. The van der Waals surface area contributed by atoms with Gasteiger partial charge in [-0.25, -0.2) is 13.9 Å². The van der Waals surface area contributed by atoms with Crippen LogP contribution in [0.25, 0.3) is 11.0 Å². The fourth-order valence-electron chi connectivity index (χ4n) is 3.06. The van der Waals surface area contributed by atoms with Crippen molar-refractivity contribution < 1.29 is 18.7 Å². The van der Waals surface area contributed by atoms with Crippen LogP contribution in [0.15, 0.2) is 56.8 Å². The van der Waals surface area contributed by atoms with E-state index in [-0.39, 0.29) is 18.1 Å². The molecule has 10 heteroatoms. The molecule has 0 saturated carbocycles. The van der Waals surface area contributed by atoms with Gasteiger partial charge in [0.05, 0.1) is 0 Å². The molecule has 31 heavy (non-hydrogen) atoms. The Morgan fingerprint density at radius 2 is 2.03 bits per heavy atom. The molecule has 0 atom stereocenters. The third-order valence-corrected chi connectivity index (χ3v) is 5.69. The molecule has 0 aliphatic heterocycles. The number of hydrogen-bond donors (Lipinski definition) is 2. The van der Waals surface area contributed by atoms with Crippen LogP contribution in [0.1, 0.15) is 23.9 Å². The number of aryl methyl sites for hydroxylation is 1. The Hall–Kier alpha value is -3.53. The number of para-hydroxylation sites is 1. The number of rotatable bonds is 7. The fourth-order valence-corrected chi connectivity index (χ4v) is 3.93. The Kier molecular flexibility index (Phi) is 5.81. The van der Waals surface area contributed by atoms with E-state index in [4.69, 9.17) is 15.0 Å². The number of fused-ring (bicyclic) bond motifs is 1. The van der Waals surface area contributed by atoms with E-state index in [0.717, 1.165) is 16.5 Å². The minimum Gasteiger partial charge on any atom is -0.508 e. The van der Waals surface area contributed by atoms with Gasteiger partial charge in [0.2, 0.25) is 5.16 Å². The molecule has 0 unspecified atom stereocenters. The SMILES string of the molecule is CCc1cc2c(CSc3nnc(COc4ccccc4F)n3N)cc(=O)oc2cc1O. The molecule has 4 aromatic rings. The van der Waals surface area contributed by atoms with Crippen molar-refractivity contribution in [2.45, 2.75) is 30.9 Å². The number of aromatic nitrogens is 3. The van der Waals surface area contributed by atoms with Gasteiger partial charge in [0, 0.05) is 23.3 Å². The van der Waals surface area contributed by atoms with Crippen molar-refractivity contribution in [1.82, 2.24) is 14.9 Å². The predicted molar refractivity (Wildman–Crippen MR) is 114 cm³/mol. The number of phenols is 1. The number of halogens is 1. The summed E-state index contributed by atoms with van der Waals surface area (Å²) < 4.78 is 25.6. The van der Waals surface area contributed by atoms with Crippen molar-refractivity contribution in [2.24, 2.45) is 0 Å². The average Bonchev–Trinajstić information content (AvgIpc) is 3.10. The molecule has 0 bridgehead atoms. The molecular formula is C21H19FN4O4S. The number of benzene rings is 2. The number of hydrogen-bond acceptors (Lipinski definition) is 8. The van der Waals surface area contributed by atoms with Crippen LogP contribution in [0.4, 0.5) is 4.39 Å². The summed E-state index contributed by atoms with van der Waals surface area (Å²) in [7, 11) is 0. The number of ether oxygens (including phenoxy) is 1. The van der Waals surface area contributed by atoms with E-state index < -0.39 is 11.4 Å². The number of nitrogens with two attached hydrogens (primary N) is 1. The highest BCUT2D eigenvalue weighted by Gasteiger charge is 2.15. The second-order valence-electron chi connectivity index (χ2n) is 6.70. The van der Waals surface area contributed by atoms with E-state index in [1.54, 1.807) is 12.1 Å². The third kappa shape index (κ3) is 4.33. The van der Waals surface area contributed by atoms with Gasteiger partial charge in [0.25, 0.3) is 0 Å². The minimum atomic E-state index is -0.514. The van der Waals surface area contributed by atoms with Crippen LogP contribution in [0.3, 0.4) is 0 Å². The summed E-state index contributed by atoms with van der Waals surface area (Å²) in [4.78, 5) is 11.9. The van der Waals surface area contributed by atoms with Crippen LogP contribution < -0.4 is 16.2 Å². The van der Waals surface area contributed by atoms with Crippen LogP contribution in [-0.2, 0) is 18.8 Å². The summed E-state index contributed by atoms with van der Waals surface area (Å²) in [6.07, 6.45) is 0.635. The van der Waals surface area contributed by atoms with Gasteiger partial charge < -0.3 is 20.1 Å². The van der Waals surface area contributed by atoms with Gasteiger partial charge in [-0.1, -0.05) is 30.8 Å². The molecular weight excluding hydrogens is 423 g/mol. The van der Waals surface area contributed by atoms with E-state index in [0.29, 0.717) is 28.7 Å². The quantitative estimate of drug-likeness (QED) is 0.254. The highest BCUT2D eigenvalue weighted by Crippen LogP contribution is 2.30. The van der Waals surface area contributed by atoms with Gasteiger partial charge in [-0.2, -0.15) is 0 Å². The number of phenolic OH excluding ortho intramolecular Hbond substituents is 1. The Balaban J connectivity index is 1.53. The Morgan fingerprint density at radius 1 is 1.23 bits per heavy atom. The smallest absolute Gasteiger partial charge is 0.336 e. The van der Waals surface area contributed by atoms with Crippen molar-refractivity contribution in [3.8, 4) is 11.5 Å². The van der Waals surface area contributed by atoms with Crippen LogP contribution in [0.2, 0.25) is 0 Å². The molecule has 0 fully saturated rings. The van der Waals surface area contributed by atoms with Gasteiger partial charge in [-0.05, 0) is 35.7 Å². The number of nitrogens with zero attached hydrogens (tertiary/aromatic N) is 3. The van der Waals surface area contributed by atoms with E-state index in [1.807, 2.05) is 13.0 Å².